The molecule has 0 saturated carbocycles. The minimum Gasteiger partial charge on any atom is -0.378 e. The van der Waals surface area contributed by atoms with Crippen LogP contribution in [0.15, 0.2) is 22.8 Å². The molecular weight excluding hydrogens is 340 g/mol. The van der Waals surface area contributed by atoms with Gasteiger partial charge in [-0.3, -0.25) is 0 Å². The van der Waals surface area contributed by atoms with E-state index in [1.165, 1.54) is 0 Å². The van der Waals surface area contributed by atoms with Crippen LogP contribution in [0.25, 0.3) is 0 Å². The Morgan fingerprint density at radius 2 is 2.25 bits per heavy atom. The first-order valence-corrected chi connectivity index (χ1v) is 6.09. The second-order valence-corrected chi connectivity index (χ2v) is 4.93. The lowest BCUT2D eigenvalue weighted by atomic mass is 10.3. The Morgan fingerprint density at radius 3 is 2.88 bits per heavy atom. The zero-order valence-electron chi connectivity index (χ0n) is 8.50. The second-order valence-electron chi connectivity index (χ2n) is 3.27. The van der Waals surface area contributed by atoms with Gasteiger partial charge in [-0.05, 0) is 47.7 Å². The van der Waals surface area contributed by atoms with Gasteiger partial charge in [-0.25, -0.2) is 4.63 Å². The molecule has 0 unspecified atom stereocenters. The number of rotatable bonds is 3. The van der Waals surface area contributed by atoms with Gasteiger partial charge in [-0.15, -0.1) is 0 Å². The average molecular weight is 350 g/mol. The molecule has 4 nitrogen and oxygen atoms in total. The normalized spacial score (nSPS) is 10.4. The standard InChI is InChI=1S/C10H9ClIN3O/c1-6-10(15-16-14-6)5-13-9-3-2-7(12)4-8(9)11/h2-4,13H,5H2,1H3. The summed E-state index contributed by atoms with van der Waals surface area (Å²) in [6.07, 6.45) is 0. The third-order valence-corrected chi connectivity index (χ3v) is 3.11. The fourth-order valence-corrected chi connectivity index (χ4v) is 2.14. The molecule has 0 aliphatic carbocycles. The van der Waals surface area contributed by atoms with Crippen LogP contribution in [0.4, 0.5) is 5.69 Å². The number of hydrogen-bond acceptors (Lipinski definition) is 4. The maximum absolute atomic E-state index is 6.08. The van der Waals surface area contributed by atoms with Crippen LogP contribution in [0.5, 0.6) is 0 Å². The summed E-state index contributed by atoms with van der Waals surface area (Å²) in [5.74, 6) is 0. The SMILES string of the molecule is Cc1nonc1CNc1ccc(I)cc1Cl. The van der Waals surface area contributed by atoms with Crippen LogP contribution in [0.2, 0.25) is 5.02 Å². The van der Waals surface area contributed by atoms with Crippen molar-refractivity contribution in [1.82, 2.24) is 10.3 Å². The van der Waals surface area contributed by atoms with E-state index in [2.05, 4.69) is 42.9 Å². The fraction of sp³-hybridized carbons (Fsp3) is 0.200. The fourth-order valence-electron chi connectivity index (χ4n) is 1.22. The van der Waals surface area contributed by atoms with Crippen LogP contribution in [-0.4, -0.2) is 10.3 Å². The molecule has 1 aromatic heterocycles. The third-order valence-electron chi connectivity index (χ3n) is 2.12. The van der Waals surface area contributed by atoms with Crippen molar-refractivity contribution in [1.29, 1.82) is 0 Å². The van der Waals surface area contributed by atoms with Gasteiger partial charge in [0, 0.05) is 3.57 Å². The Bertz CT molecular complexity index is 501. The maximum Gasteiger partial charge on any atom is 0.127 e. The Kier molecular flexibility index (Phi) is 3.65. The molecule has 0 radical (unpaired) electrons. The van der Waals surface area contributed by atoms with Gasteiger partial charge in [0.2, 0.25) is 0 Å². The van der Waals surface area contributed by atoms with Gasteiger partial charge in [0.05, 0.1) is 17.3 Å². The van der Waals surface area contributed by atoms with Gasteiger partial charge in [0.15, 0.2) is 0 Å². The van der Waals surface area contributed by atoms with Gasteiger partial charge in [0.1, 0.15) is 11.4 Å². The van der Waals surface area contributed by atoms with Crippen LogP contribution >= 0.6 is 34.2 Å². The molecule has 0 aliphatic rings. The highest BCUT2D eigenvalue weighted by atomic mass is 127. The van der Waals surface area contributed by atoms with Crippen molar-refractivity contribution in [2.24, 2.45) is 0 Å². The molecule has 0 saturated heterocycles. The summed E-state index contributed by atoms with van der Waals surface area (Å²) in [5, 5.41) is 11.4. The van der Waals surface area contributed by atoms with E-state index in [0.717, 1.165) is 20.6 Å². The van der Waals surface area contributed by atoms with E-state index in [0.29, 0.717) is 11.6 Å². The van der Waals surface area contributed by atoms with Crippen LogP contribution < -0.4 is 5.32 Å². The van der Waals surface area contributed by atoms with Gasteiger partial charge in [-0.1, -0.05) is 21.9 Å². The van der Waals surface area contributed by atoms with Crippen molar-refractivity contribution < 1.29 is 4.63 Å². The van der Waals surface area contributed by atoms with Crippen molar-refractivity contribution in [2.75, 3.05) is 5.32 Å². The summed E-state index contributed by atoms with van der Waals surface area (Å²) in [7, 11) is 0. The van der Waals surface area contributed by atoms with Gasteiger partial charge < -0.3 is 5.32 Å². The number of anilines is 1. The molecule has 84 valence electrons. The molecule has 1 N–H and O–H groups in total. The van der Waals surface area contributed by atoms with Crippen molar-refractivity contribution in [3.8, 4) is 0 Å². The minimum absolute atomic E-state index is 0.551. The Labute approximate surface area is 111 Å². The van der Waals surface area contributed by atoms with Crippen molar-refractivity contribution in [3.05, 3.63) is 38.2 Å². The molecule has 16 heavy (non-hydrogen) atoms. The van der Waals surface area contributed by atoms with Crippen LogP contribution in [0.1, 0.15) is 11.4 Å². The van der Waals surface area contributed by atoms with Crippen molar-refractivity contribution in [2.45, 2.75) is 13.5 Å². The Hall–Kier alpha value is -0.820. The molecule has 1 heterocycles. The van der Waals surface area contributed by atoms with E-state index in [4.69, 9.17) is 11.6 Å². The number of hydrogen-bond donors (Lipinski definition) is 1. The number of nitrogens with zero attached hydrogens (tertiary/aromatic N) is 2. The summed E-state index contributed by atoms with van der Waals surface area (Å²) in [6, 6.07) is 5.83. The number of aromatic nitrogens is 2. The molecule has 0 atom stereocenters. The lowest BCUT2D eigenvalue weighted by Gasteiger charge is -2.06. The molecule has 0 spiro atoms. The summed E-state index contributed by atoms with van der Waals surface area (Å²) in [6.45, 7) is 2.40. The highest BCUT2D eigenvalue weighted by Crippen LogP contribution is 2.24. The topological polar surface area (TPSA) is 51.0 Å². The van der Waals surface area contributed by atoms with Crippen LogP contribution in [0, 0.1) is 10.5 Å². The molecule has 0 fully saturated rings. The second kappa shape index (κ2) is 5.01. The first kappa shape index (κ1) is 11.7. The van der Waals surface area contributed by atoms with E-state index in [9.17, 15) is 0 Å². The highest BCUT2D eigenvalue weighted by Gasteiger charge is 2.06. The lowest BCUT2D eigenvalue weighted by molar-refractivity contribution is 0.301. The smallest absolute Gasteiger partial charge is 0.127 e. The summed E-state index contributed by atoms with van der Waals surface area (Å²) in [4.78, 5) is 0. The first-order chi connectivity index (χ1) is 7.66. The summed E-state index contributed by atoms with van der Waals surface area (Å²) in [5.41, 5.74) is 2.45. The van der Waals surface area contributed by atoms with E-state index >= 15 is 0 Å². The van der Waals surface area contributed by atoms with Gasteiger partial charge in [-0.2, -0.15) is 0 Å². The molecule has 0 amide bonds. The van der Waals surface area contributed by atoms with Crippen LogP contribution in [-0.2, 0) is 6.54 Å². The molecule has 2 aromatic rings. The van der Waals surface area contributed by atoms with Gasteiger partial charge in [0.25, 0.3) is 0 Å². The largest absolute Gasteiger partial charge is 0.378 e. The zero-order valence-corrected chi connectivity index (χ0v) is 11.4. The number of benzene rings is 1. The molecule has 0 bridgehead atoms. The van der Waals surface area contributed by atoms with E-state index in [1.54, 1.807) is 0 Å². The molecule has 1 aromatic carbocycles. The zero-order chi connectivity index (χ0) is 11.5. The molecular formula is C10H9ClIN3O. The van der Waals surface area contributed by atoms with Crippen molar-refractivity contribution >= 4 is 39.9 Å². The monoisotopic (exact) mass is 349 g/mol. The minimum atomic E-state index is 0.551. The first-order valence-electron chi connectivity index (χ1n) is 4.64. The number of aryl methyl sites for hydroxylation is 1. The Balaban J connectivity index is 2.08. The predicted octanol–water partition coefficient (Wildman–Crippen LogP) is 3.25. The molecule has 2 rings (SSSR count). The van der Waals surface area contributed by atoms with E-state index < -0.39 is 0 Å². The van der Waals surface area contributed by atoms with Gasteiger partial charge >= 0.3 is 0 Å². The van der Waals surface area contributed by atoms with E-state index in [-0.39, 0.29) is 0 Å². The average Bonchev–Trinajstić information content (AvgIpc) is 2.63. The van der Waals surface area contributed by atoms with Crippen molar-refractivity contribution in [3.63, 3.8) is 0 Å². The highest BCUT2D eigenvalue weighted by molar-refractivity contribution is 14.1. The van der Waals surface area contributed by atoms with E-state index in [1.807, 2.05) is 25.1 Å². The summed E-state index contributed by atoms with van der Waals surface area (Å²) < 4.78 is 5.71. The maximum atomic E-state index is 6.08. The lowest BCUT2D eigenvalue weighted by Crippen LogP contribution is -2.01. The third kappa shape index (κ3) is 2.65. The Morgan fingerprint density at radius 1 is 1.44 bits per heavy atom. The molecule has 0 aliphatic heterocycles. The number of nitrogens with one attached hydrogen (secondary N) is 1. The predicted molar refractivity (Wildman–Crippen MR) is 70.5 cm³/mol. The quantitative estimate of drug-likeness (QED) is 0.864. The number of halogens is 2. The summed E-state index contributed by atoms with van der Waals surface area (Å²) >= 11 is 8.30. The van der Waals surface area contributed by atoms with Crippen LogP contribution in [0.3, 0.4) is 0 Å². The molecule has 6 heteroatoms.